The van der Waals surface area contributed by atoms with E-state index in [0.717, 1.165) is 42.1 Å². The SMILES string of the molecule is Cc1cc(OCc2ccc(C(=O)NNC(=O)C3CCCN(c4cnccn4)C3)cc2)ccc1Cl. The molecule has 9 heteroatoms. The zero-order chi connectivity index (χ0) is 23.9. The molecule has 0 spiro atoms. The summed E-state index contributed by atoms with van der Waals surface area (Å²) >= 11 is 6.04. The van der Waals surface area contributed by atoms with Gasteiger partial charge in [0.2, 0.25) is 5.91 Å². The molecule has 1 saturated heterocycles. The molecule has 34 heavy (non-hydrogen) atoms. The molecular formula is C25H26ClN5O3. The number of aryl methyl sites for hydroxylation is 1. The van der Waals surface area contributed by atoms with E-state index in [2.05, 4.69) is 20.8 Å². The van der Waals surface area contributed by atoms with Crippen LogP contribution in [0.1, 0.15) is 34.3 Å². The van der Waals surface area contributed by atoms with E-state index < -0.39 is 0 Å². The number of amides is 2. The number of ether oxygens (including phenoxy) is 1. The second-order valence-corrected chi connectivity index (χ2v) is 8.60. The van der Waals surface area contributed by atoms with Crippen molar-refractivity contribution < 1.29 is 14.3 Å². The minimum Gasteiger partial charge on any atom is -0.489 e. The molecule has 1 unspecified atom stereocenters. The number of carbonyl (C=O) groups is 2. The van der Waals surface area contributed by atoms with Gasteiger partial charge < -0.3 is 9.64 Å². The number of hydrogen-bond donors (Lipinski definition) is 2. The first kappa shape index (κ1) is 23.5. The van der Waals surface area contributed by atoms with Crippen LogP contribution in [0.15, 0.2) is 61.1 Å². The molecule has 2 N–H and O–H groups in total. The Bertz CT molecular complexity index is 1140. The molecular weight excluding hydrogens is 454 g/mol. The van der Waals surface area contributed by atoms with Crippen LogP contribution in [-0.2, 0) is 11.4 Å². The Morgan fingerprint density at radius 2 is 1.97 bits per heavy atom. The van der Waals surface area contributed by atoms with Crippen molar-refractivity contribution in [3.63, 3.8) is 0 Å². The fourth-order valence-corrected chi connectivity index (χ4v) is 3.89. The van der Waals surface area contributed by atoms with Crippen molar-refractivity contribution >= 4 is 29.2 Å². The highest BCUT2D eigenvalue weighted by molar-refractivity contribution is 6.31. The molecule has 176 valence electrons. The van der Waals surface area contributed by atoms with Gasteiger partial charge in [-0.05, 0) is 61.2 Å². The van der Waals surface area contributed by atoms with E-state index >= 15 is 0 Å². The largest absolute Gasteiger partial charge is 0.489 e. The predicted molar refractivity (Wildman–Crippen MR) is 130 cm³/mol. The summed E-state index contributed by atoms with van der Waals surface area (Å²) in [5.74, 6) is 0.638. The summed E-state index contributed by atoms with van der Waals surface area (Å²) in [4.78, 5) is 35.5. The van der Waals surface area contributed by atoms with E-state index in [1.54, 1.807) is 36.8 Å². The van der Waals surface area contributed by atoms with Crippen LogP contribution in [0.5, 0.6) is 5.75 Å². The number of nitrogens with zero attached hydrogens (tertiary/aromatic N) is 3. The number of benzene rings is 2. The lowest BCUT2D eigenvalue weighted by molar-refractivity contribution is -0.126. The normalized spacial score (nSPS) is 15.5. The first-order chi connectivity index (χ1) is 16.5. The quantitative estimate of drug-likeness (QED) is 0.523. The predicted octanol–water partition coefficient (Wildman–Crippen LogP) is 3.70. The summed E-state index contributed by atoms with van der Waals surface area (Å²) in [5.41, 5.74) is 7.37. The fraction of sp³-hybridized carbons (Fsp3) is 0.280. The summed E-state index contributed by atoms with van der Waals surface area (Å²) in [5, 5.41) is 0.695. The lowest BCUT2D eigenvalue weighted by atomic mass is 9.97. The lowest BCUT2D eigenvalue weighted by Gasteiger charge is -2.32. The van der Waals surface area contributed by atoms with E-state index in [9.17, 15) is 9.59 Å². The number of carbonyl (C=O) groups excluding carboxylic acids is 2. The molecule has 0 aliphatic carbocycles. The molecule has 0 bridgehead atoms. The Labute approximate surface area is 203 Å². The van der Waals surface area contributed by atoms with Gasteiger partial charge in [-0.25, -0.2) is 4.98 Å². The van der Waals surface area contributed by atoms with E-state index in [1.165, 1.54) is 0 Å². The summed E-state index contributed by atoms with van der Waals surface area (Å²) in [6.07, 6.45) is 6.55. The molecule has 1 aromatic heterocycles. The Morgan fingerprint density at radius 3 is 2.71 bits per heavy atom. The van der Waals surface area contributed by atoms with Crippen molar-refractivity contribution in [2.24, 2.45) is 5.92 Å². The number of nitrogens with one attached hydrogen (secondary N) is 2. The van der Waals surface area contributed by atoms with Crippen LogP contribution in [0.25, 0.3) is 0 Å². The molecule has 1 fully saturated rings. The van der Waals surface area contributed by atoms with Crippen LogP contribution in [-0.4, -0.2) is 34.9 Å². The number of anilines is 1. The maximum atomic E-state index is 12.6. The molecule has 4 rings (SSSR count). The van der Waals surface area contributed by atoms with Crippen molar-refractivity contribution in [1.29, 1.82) is 0 Å². The van der Waals surface area contributed by atoms with Crippen LogP contribution in [0, 0.1) is 12.8 Å². The highest BCUT2D eigenvalue weighted by Gasteiger charge is 2.27. The van der Waals surface area contributed by atoms with Crippen molar-refractivity contribution in [2.45, 2.75) is 26.4 Å². The van der Waals surface area contributed by atoms with Crippen molar-refractivity contribution in [3.05, 3.63) is 82.8 Å². The van der Waals surface area contributed by atoms with Crippen LogP contribution >= 0.6 is 11.6 Å². The molecule has 1 atom stereocenters. The molecule has 2 heterocycles. The molecule has 1 aliphatic rings. The van der Waals surface area contributed by atoms with Gasteiger partial charge >= 0.3 is 0 Å². The molecule has 1 aliphatic heterocycles. The van der Waals surface area contributed by atoms with Gasteiger partial charge in [0.15, 0.2) is 0 Å². The monoisotopic (exact) mass is 479 g/mol. The van der Waals surface area contributed by atoms with Gasteiger partial charge in [-0.2, -0.15) is 0 Å². The summed E-state index contributed by atoms with van der Waals surface area (Å²) < 4.78 is 5.79. The third-order valence-electron chi connectivity index (χ3n) is 5.72. The average molecular weight is 480 g/mol. The van der Waals surface area contributed by atoms with E-state index in [-0.39, 0.29) is 17.7 Å². The second-order valence-electron chi connectivity index (χ2n) is 8.19. The fourth-order valence-electron chi connectivity index (χ4n) is 3.77. The smallest absolute Gasteiger partial charge is 0.269 e. The Hall–Kier alpha value is -3.65. The van der Waals surface area contributed by atoms with E-state index in [4.69, 9.17) is 16.3 Å². The van der Waals surface area contributed by atoms with Crippen molar-refractivity contribution in [2.75, 3.05) is 18.0 Å². The van der Waals surface area contributed by atoms with Crippen LogP contribution < -0.4 is 20.5 Å². The molecule has 3 aromatic rings. The number of hydrazine groups is 1. The zero-order valence-electron chi connectivity index (χ0n) is 18.8. The van der Waals surface area contributed by atoms with Gasteiger partial charge in [-0.1, -0.05) is 23.7 Å². The second kappa shape index (κ2) is 11.0. The molecule has 0 saturated carbocycles. The van der Waals surface area contributed by atoms with E-state index in [1.807, 2.05) is 36.1 Å². The van der Waals surface area contributed by atoms with Crippen LogP contribution in [0.2, 0.25) is 5.02 Å². The first-order valence-electron chi connectivity index (χ1n) is 11.1. The molecule has 2 aromatic carbocycles. The van der Waals surface area contributed by atoms with Crippen LogP contribution in [0.3, 0.4) is 0 Å². The van der Waals surface area contributed by atoms with E-state index in [0.29, 0.717) is 23.7 Å². The Morgan fingerprint density at radius 1 is 1.15 bits per heavy atom. The maximum Gasteiger partial charge on any atom is 0.269 e. The number of hydrogen-bond acceptors (Lipinski definition) is 6. The lowest BCUT2D eigenvalue weighted by Crippen LogP contribution is -2.49. The summed E-state index contributed by atoms with van der Waals surface area (Å²) in [7, 11) is 0. The Kier molecular flexibility index (Phi) is 7.59. The van der Waals surface area contributed by atoms with Gasteiger partial charge in [0.1, 0.15) is 18.2 Å². The van der Waals surface area contributed by atoms with Gasteiger partial charge in [-0.3, -0.25) is 25.4 Å². The first-order valence-corrected chi connectivity index (χ1v) is 11.5. The summed E-state index contributed by atoms with van der Waals surface area (Å²) in [6.45, 7) is 3.64. The van der Waals surface area contributed by atoms with Gasteiger partial charge in [0.05, 0.1) is 12.1 Å². The third-order valence-corrected chi connectivity index (χ3v) is 6.14. The van der Waals surface area contributed by atoms with Gasteiger partial charge in [0, 0.05) is 36.1 Å². The molecule has 2 amide bonds. The maximum absolute atomic E-state index is 12.6. The third kappa shape index (κ3) is 6.02. The van der Waals surface area contributed by atoms with Crippen LogP contribution in [0.4, 0.5) is 5.82 Å². The van der Waals surface area contributed by atoms with Crippen molar-refractivity contribution in [3.8, 4) is 5.75 Å². The molecule has 0 radical (unpaired) electrons. The van der Waals surface area contributed by atoms with Crippen molar-refractivity contribution in [1.82, 2.24) is 20.8 Å². The zero-order valence-corrected chi connectivity index (χ0v) is 19.6. The minimum atomic E-state index is -0.379. The number of rotatable bonds is 6. The average Bonchev–Trinajstić information content (AvgIpc) is 2.88. The number of halogens is 1. The Balaban J connectivity index is 1.25. The molecule has 8 nitrogen and oxygen atoms in total. The minimum absolute atomic E-state index is 0.217. The summed E-state index contributed by atoms with van der Waals surface area (Å²) in [6, 6.07) is 12.5. The van der Waals surface area contributed by atoms with Gasteiger partial charge in [-0.15, -0.1) is 0 Å². The number of aromatic nitrogens is 2. The van der Waals surface area contributed by atoms with Gasteiger partial charge in [0.25, 0.3) is 5.91 Å². The standard InChI is InChI=1S/C25H26ClN5O3/c1-17-13-21(8-9-22(17)26)34-16-18-4-6-19(7-5-18)24(32)29-30-25(33)20-3-2-12-31(15-20)23-14-27-10-11-28-23/h4-11,13-14,20H,2-3,12,15-16H2,1H3,(H,29,32)(H,30,33). The topological polar surface area (TPSA) is 96.5 Å². The highest BCUT2D eigenvalue weighted by atomic mass is 35.5. The number of piperidine rings is 1. The highest BCUT2D eigenvalue weighted by Crippen LogP contribution is 2.22.